The van der Waals surface area contributed by atoms with E-state index in [4.69, 9.17) is 14.2 Å². The van der Waals surface area contributed by atoms with Crippen LogP contribution in [-0.4, -0.2) is 48.7 Å². The third-order valence-corrected chi connectivity index (χ3v) is 6.15. The number of methoxy groups -OCH3 is 1. The Labute approximate surface area is 180 Å². The van der Waals surface area contributed by atoms with Crippen LogP contribution in [0.15, 0.2) is 42.5 Å². The summed E-state index contributed by atoms with van der Waals surface area (Å²) in [5.41, 5.74) is 1.89. The number of carbonyl (C=O) groups is 1. The smallest absolute Gasteiger partial charge is 0.274 e. The lowest BCUT2D eigenvalue weighted by molar-refractivity contribution is -0.132. The SMILES string of the molecule is CCOc1ccc(CC(=O)N2CCC(Oc3nc4cc(OC)ccc4s3)CC2)cc1. The zero-order chi connectivity index (χ0) is 20.9. The summed E-state index contributed by atoms with van der Waals surface area (Å²) in [4.78, 5) is 19.2. The molecule has 1 aliphatic heterocycles. The molecule has 7 heteroatoms. The zero-order valence-electron chi connectivity index (χ0n) is 17.3. The van der Waals surface area contributed by atoms with Gasteiger partial charge in [0.05, 0.1) is 30.4 Å². The second-order valence-corrected chi connectivity index (χ2v) is 8.26. The number of hydrogen-bond acceptors (Lipinski definition) is 6. The number of amides is 1. The van der Waals surface area contributed by atoms with Crippen LogP contribution >= 0.6 is 11.3 Å². The van der Waals surface area contributed by atoms with Gasteiger partial charge in [0, 0.05) is 32.0 Å². The Hall–Kier alpha value is -2.80. The minimum Gasteiger partial charge on any atom is -0.497 e. The minimum absolute atomic E-state index is 0.0852. The van der Waals surface area contributed by atoms with Crippen molar-refractivity contribution in [2.75, 3.05) is 26.8 Å². The van der Waals surface area contributed by atoms with Gasteiger partial charge in [-0.1, -0.05) is 23.5 Å². The number of rotatable bonds is 7. The highest BCUT2D eigenvalue weighted by atomic mass is 32.1. The standard InChI is InChI=1S/C23H26N2O4S/c1-3-28-17-6-4-16(5-7-17)14-22(26)25-12-10-18(11-13-25)29-23-24-20-15-19(27-2)8-9-21(20)30-23/h4-9,15,18H,3,10-14H2,1-2H3. The molecule has 1 aromatic heterocycles. The predicted octanol–water partition coefficient (Wildman–Crippen LogP) is 4.32. The highest BCUT2D eigenvalue weighted by molar-refractivity contribution is 7.20. The maximum atomic E-state index is 12.7. The van der Waals surface area contributed by atoms with Crippen LogP contribution in [0, 0.1) is 0 Å². The average Bonchev–Trinajstić information content (AvgIpc) is 3.17. The van der Waals surface area contributed by atoms with Gasteiger partial charge in [-0.15, -0.1) is 0 Å². The number of ether oxygens (including phenoxy) is 3. The Morgan fingerprint density at radius 3 is 2.57 bits per heavy atom. The summed E-state index contributed by atoms with van der Waals surface area (Å²) in [6.45, 7) is 4.01. The topological polar surface area (TPSA) is 60.9 Å². The number of benzene rings is 2. The molecule has 3 aromatic rings. The lowest BCUT2D eigenvalue weighted by atomic mass is 10.1. The lowest BCUT2D eigenvalue weighted by Crippen LogP contribution is -2.42. The van der Waals surface area contributed by atoms with Crippen molar-refractivity contribution >= 4 is 27.5 Å². The summed E-state index contributed by atoms with van der Waals surface area (Å²) >= 11 is 1.54. The Balaban J connectivity index is 1.28. The number of nitrogens with zero attached hydrogens (tertiary/aromatic N) is 2. The molecule has 0 saturated carbocycles. The van der Waals surface area contributed by atoms with E-state index in [1.165, 1.54) is 0 Å². The Bertz CT molecular complexity index is 994. The van der Waals surface area contributed by atoms with Gasteiger partial charge in [0.25, 0.3) is 5.19 Å². The van der Waals surface area contributed by atoms with E-state index in [-0.39, 0.29) is 12.0 Å². The van der Waals surface area contributed by atoms with E-state index in [9.17, 15) is 4.79 Å². The quantitative estimate of drug-likeness (QED) is 0.563. The largest absolute Gasteiger partial charge is 0.497 e. The van der Waals surface area contributed by atoms with E-state index < -0.39 is 0 Å². The molecular formula is C23H26N2O4S. The van der Waals surface area contributed by atoms with Crippen molar-refractivity contribution in [3.8, 4) is 16.7 Å². The van der Waals surface area contributed by atoms with E-state index in [1.54, 1.807) is 18.4 Å². The molecule has 0 atom stereocenters. The molecule has 0 aliphatic carbocycles. The molecule has 1 saturated heterocycles. The first kappa shape index (κ1) is 20.5. The van der Waals surface area contributed by atoms with Crippen LogP contribution in [-0.2, 0) is 11.2 Å². The molecule has 0 N–H and O–H groups in total. The van der Waals surface area contributed by atoms with Gasteiger partial charge >= 0.3 is 0 Å². The predicted molar refractivity (Wildman–Crippen MR) is 118 cm³/mol. The van der Waals surface area contributed by atoms with Crippen LogP contribution in [0.1, 0.15) is 25.3 Å². The maximum absolute atomic E-state index is 12.7. The zero-order valence-corrected chi connectivity index (χ0v) is 18.1. The molecule has 0 unspecified atom stereocenters. The van der Waals surface area contributed by atoms with E-state index >= 15 is 0 Å². The summed E-state index contributed by atoms with van der Waals surface area (Å²) in [6, 6.07) is 13.6. The maximum Gasteiger partial charge on any atom is 0.274 e. The van der Waals surface area contributed by atoms with Crippen LogP contribution in [0.3, 0.4) is 0 Å². The number of thiazole rings is 1. The molecule has 0 spiro atoms. The number of piperidine rings is 1. The molecule has 2 aromatic carbocycles. The van der Waals surface area contributed by atoms with Crippen molar-refractivity contribution in [1.82, 2.24) is 9.88 Å². The van der Waals surface area contributed by atoms with Crippen molar-refractivity contribution < 1.29 is 19.0 Å². The normalized spacial score (nSPS) is 14.7. The van der Waals surface area contributed by atoms with Crippen molar-refractivity contribution in [2.45, 2.75) is 32.3 Å². The Kier molecular flexibility index (Phi) is 6.38. The fourth-order valence-corrected chi connectivity index (χ4v) is 4.45. The molecule has 2 heterocycles. The molecule has 1 amide bonds. The van der Waals surface area contributed by atoms with Gasteiger partial charge in [0.2, 0.25) is 5.91 Å². The number of fused-ring (bicyclic) bond motifs is 1. The van der Waals surface area contributed by atoms with Gasteiger partial charge in [-0.25, -0.2) is 4.98 Å². The molecule has 1 aliphatic rings. The van der Waals surface area contributed by atoms with Gasteiger partial charge in [-0.3, -0.25) is 4.79 Å². The van der Waals surface area contributed by atoms with Gasteiger partial charge in [0.15, 0.2) is 0 Å². The minimum atomic E-state index is 0.0852. The first-order valence-electron chi connectivity index (χ1n) is 10.3. The van der Waals surface area contributed by atoms with Gasteiger partial charge < -0.3 is 19.1 Å². The molecule has 6 nitrogen and oxygen atoms in total. The van der Waals surface area contributed by atoms with Crippen molar-refractivity contribution in [3.63, 3.8) is 0 Å². The number of carbonyl (C=O) groups excluding carboxylic acids is 1. The molecule has 1 fully saturated rings. The number of hydrogen-bond donors (Lipinski definition) is 0. The average molecular weight is 427 g/mol. The van der Waals surface area contributed by atoms with E-state index in [1.807, 2.05) is 54.3 Å². The molecular weight excluding hydrogens is 400 g/mol. The summed E-state index contributed by atoms with van der Waals surface area (Å²) in [5.74, 6) is 1.78. The van der Waals surface area contributed by atoms with Gasteiger partial charge in [-0.05, 0) is 36.8 Å². The summed E-state index contributed by atoms with van der Waals surface area (Å²) < 4.78 is 17.9. The monoisotopic (exact) mass is 426 g/mol. The van der Waals surface area contributed by atoms with Crippen molar-refractivity contribution in [1.29, 1.82) is 0 Å². The third-order valence-electron chi connectivity index (χ3n) is 5.23. The highest BCUT2D eigenvalue weighted by Crippen LogP contribution is 2.32. The van der Waals surface area contributed by atoms with Crippen molar-refractivity contribution in [2.24, 2.45) is 0 Å². The first-order valence-corrected chi connectivity index (χ1v) is 11.1. The highest BCUT2D eigenvalue weighted by Gasteiger charge is 2.25. The third kappa shape index (κ3) is 4.84. The van der Waals surface area contributed by atoms with Crippen LogP contribution in [0.2, 0.25) is 0 Å². The molecule has 4 rings (SSSR count). The number of likely N-dealkylation sites (tertiary alicyclic amines) is 1. The van der Waals surface area contributed by atoms with Crippen LogP contribution in [0.25, 0.3) is 10.2 Å². The van der Waals surface area contributed by atoms with Crippen molar-refractivity contribution in [3.05, 3.63) is 48.0 Å². The molecule has 0 radical (unpaired) electrons. The summed E-state index contributed by atoms with van der Waals surface area (Å²) in [5, 5.41) is 0.678. The van der Waals surface area contributed by atoms with E-state index in [0.717, 1.165) is 40.1 Å². The van der Waals surface area contributed by atoms with Gasteiger partial charge in [-0.2, -0.15) is 0 Å². The number of aromatic nitrogens is 1. The summed E-state index contributed by atoms with van der Waals surface area (Å²) in [6.07, 6.45) is 2.13. The second kappa shape index (κ2) is 9.34. The lowest BCUT2D eigenvalue weighted by Gasteiger charge is -2.31. The van der Waals surface area contributed by atoms with Crippen LogP contribution in [0.5, 0.6) is 16.7 Å². The van der Waals surface area contributed by atoms with Crippen LogP contribution in [0.4, 0.5) is 0 Å². The Morgan fingerprint density at radius 1 is 1.13 bits per heavy atom. The fraction of sp³-hybridized carbons (Fsp3) is 0.391. The van der Waals surface area contributed by atoms with Crippen LogP contribution < -0.4 is 14.2 Å². The molecule has 158 valence electrons. The second-order valence-electron chi connectivity index (χ2n) is 7.27. The Morgan fingerprint density at radius 2 is 1.87 bits per heavy atom. The fourth-order valence-electron chi connectivity index (χ4n) is 3.59. The van der Waals surface area contributed by atoms with E-state index in [2.05, 4.69) is 4.98 Å². The first-order chi connectivity index (χ1) is 14.6. The summed E-state index contributed by atoms with van der Waals surface area (Å²) in [7, 11) is 1.65. The van der Waals surface area contributed by atoms with Gasteiger partial charge in [0.1, 0.15) is 17.6 Å². The molecule has 0 bridgehead atoms. The van der Waals surface area contributed by atoms with E-state index in [0.29, 0.717) is 31.3 Å². The molecule has 30 heavy (non-hydrogen) atoms.